The van der Waals surface area contributed by atoms with Gasteiger partial charge in [0, 0.05) is 11.3 Å². The van der Waals surface area contributed by atoms with E-state index in [1.54, 1.807) is 12.1 Å². The van der Waals surface area contributed by atoms with Gasteiger partial charge in [-0.25, -0.2) is 4.98 Å². The minimum atomic E-state index is -0.317. The maximum Gasteiger partial charge on any atom is 0.170 e. The highest BCUT2D eigenvalue weighted by Crippen LogP contribution is 2.36. The van der Waals surface area contributed by atoms with Gasteiger partial charge >= 0.3 is 0 Å². The van der Waals surface area contributed by atoms with Crippen molar-refractivity contribution in [1.29, 1.82) is 5.26 Å². The number of carbonyl (C=O) groups is 1. The first-order valence-electron chi connectivity index (χ1n) is 8.12. The number of imidazole rings is 1. The van der Waals surface area contributed by atoms with Gasteiger partial charge in [-0.1, -0.05) is 23.9 Å². The van der Waals surface area contributed by atoms with E-state index >= 15 is 0 Å². The smallest absolute Gasteiger partial charge is 0.170 e. The fourth-order valence-electron chi connectivity index (χ4n) is 2.56. The number of methoxy groups -OCH3 is 1. The van der Waals surface area contributed by atoms with Crippen molar-refractivity contribution in [2.75, 3.05) is 7.11 Å². The van der Waals surface area contributed by atoms with Crippen LogP contribution in [0.1, 0.15) is 18.1 Å². The number of thioether (sulfide) groups is 1. The molecule has 3 rings (SSSR count). The van der Waals surface area contributed by atoms with Crippen LogP contribution in [-0.2, 0) is 10.5 Å². The maximum absolute atomic E-state index is 11.5. The van der Waals surface area contributed by atoms with Crippen LogP contribution >= 0.6 is 11.8 Å². The summed E-state index contributed by atoms with van der Waals surface area (Å²) in [5.74, 6) is 0.429. The molecule has 6 nitrogen and oxygen atoms in total. The number of fused-ring (bicyclic) bond motifs is 1. The number of hydrogen-bond acceptors (Lipinski definition) is 6. The first-order chi connectivity index (χ1) is 13.0. The summed E-state index contributed by atoms with van der Waals surface area (Å²) in [6, 6.07) is 12.9. The third-order valence-electron chi connectivity index (χ3n) is 3.94. The molecule has 0 radical (unpaired) electrons. The van der Waals surface area contributed by atoms with E-state index in [9.17, 15) is 9.90 Å². The minimum Gasteiger partial charge on any atom is -0.504 e. The van der Waals surface area contributed by atoms with E-state index in [0.29, 0.717) is 16.9 Å². The second kappa shape index (κ2) is 7.98. The van der Waals surface area contributed by atoms with Crippen molar-refractivity contribution in [3.05, 3.63) is 53.1 Å². The summed E-state index contributed by atoms with van der Waals surface area (Å²) in [6.07, 6.45) is 1.49. The highest BCUT2D eigenvalue weighted by atomic mass is 32.2. The van der Waals surface area contributed by atoms with Crippen LogP contribution in [-0.4, -0.2) is 28.0 Å². The predicted octanol–water partition coefficient (Wildman–Crippen LogP) is 4.07. The maximum atomic E-state index is 11.5. The Balaban J connectivity index is 1.90. The number of nitrogens with zero attached hydrogens (tertiary/aromatic N) is 2. The molecular weight excluding hydrogens is 362 g/mol. The Bertz CT molecular complexity index is 1050. The van der Waals surface area contributed by atoms with Gasteiger partial charge in [-0.15, -0.1) is 0 Å². The molecule has 0 aliphatic heterocycles. The number of rotatable bonds is 6. The molecule has 1 aromatic heterocycles. The van der Waals surface area contributed by atoms with Crippen molar-refractivity contribution < 1.29 is 14.6 Å². The van der Waals surface area contributed by atoms with Gasteiger partial charge in [-0.3, -0.25) is 4.79 Å². The van der Waals surface area contributed by atoms with E-state index in [0.717, 1.165) is 16.2 Å². The van der Waals surface area contributed by atoms with Crippen LogP contribution in [0.15, 0.2) is 47.1 Å². The summed E-state index contributed by atoms with van der Waals surface area (Å²) in [4.78, 5) is 19.2. The molecule has 27 heavy (non-hydrogen) atoms. The number of phenols is 1. The Morgan fingerprint density at radius 2 is 2.19 bits per heavy atom. The predicted molar refractivity (Wildman–Crippen MR) is 105 cm³/mol. The average molecular weight is 379 g/mol. The number of nitrogens with one attached hydrogen (secondary N) is 1. The monoisotopic (exact) mass is 379 g/mol. The molecule has 0 atom stereocenters. The number of benzene rings is 2. The van der Waals surface area contributed by atoms with E-state index in [1.807, 2.05) is 30.3 Å². The van der Waals surface area contributed by atoms with E-state index in [4.69, 9.17) is 10.00 Å². The molecule has 0 saturated heterocycles. The number of aromatic amines is 1. The molecule has 1 heterocycles. The average Bonchev–Trinajstić information content (AvgIpc) is 3.08. The lowest BCUT2D eigenvalue weighted by atomic mass is 10.1. The van der Waals surface area contributed by atoms with Crippen molar-refractivity contribution >= 4 is 34.7 Å². The number of Topliss-reactive ketones (excluding diaryl/α,β-unsaturated/α-hetero) is 1. The zero-order chi connectivity index (χ0) is 19.4. The van der Waals surface area contributed by atoms with Gasteiger partial charge < -0.3 is 14.8 Å². The zero-order valence-corrected chi connectivity index (χ0v) is 15.6. The molecule has 0 unspecified atom stereocenters. The number of hydrogen-bond donors (Lipinski definition) is 2. The van der Waals surface area contributed by atoms with Crippen molar-refractivity contribution in [1.82, 2.24) is 9.97 Å². The van der Waals surface area contributed by atoms with Crippen LogP contribution < -0.4 is 4.74 Å². The number of H-pyrrole nitrogens is 1. The van der Waals surface area contributed by atoms with E-state index in [2.05, 4.69) is 9.97 Å². The highest BCUT2D eigenvalue weighted by molar-refractivity contribution is 7.98. The number of para-hydroxylation sites is 2. The largest absolute Gasteiger partial charge is 0.504 e. The standard InChI is InChI=1S/C20H17N3O3S/c1-12(24)14(10-21)7-13-8-15(19(25)18(9-13)26-2)11-27-20-22-16-5-3-4-6-17(16)23-20/h3-9,25H,11H2,1-2H3,(H,22,23)/b14-7+. The second-order valence-electron chi connectivity index (χ2n) is 5.80. The SMILES string of the molecule is COc1cc(/C=C(\C#N)C(C)=O)cc(CSc2nc3ccccc3[nH]2)c1O. The Hall–Kier alpha value is -3.24. The molecule has 136 valence electrons. The number of aromatic hydroxyl groups is 1. The Morgan fingerprint density at radius 3 is 2.85 bits per heavy atom. The molecule has 0 saturated carbocycles. The zero-order valence-electron chi connectivity index (χ0n) is 14.8. The lowest BCUT2D eigenvalue weighted by Crippen LogP contribution is -1.95. The summed E-state index contributed by atoms with van der Waals surface area (Å²) in [5.41, 5.74) is 3.08. The van der Waals surface area contributed by atoms with Gasteiger partial charge in [0.2, 0.25) is 0 Å². The number of carbonyl (C=O) groups excluding carboxylic acids is 1. The van der Waals surface area contributed by atoms with Gasteiger partial charge in [0.15, 0.2) is 22.4 Å². The molecule has 2 aromatic carbocycles. The van der Waals surface area contributed by atoms with E-state index in [-0.39, 0.29) is 22.9 Å². The first kappa shape index (κ1) is 18.5. The third-order valence-corrected chi connectivity index (χ3v) is 4.86. The van der Waals surface area contributed by atoms with Crippen LogP contribution in [0.3, 0.4) is 0 Å². The Kier molecular flexibility index (Phi) is 5.48. The number of nitriles is 1. The summed E-state index contributed by atoms with van der Waals surface area (Å²) < 4.78 is 5.22. The number of allylic oxidation sites excluding steroid dienone is 1. The Labute approximate surface area is 160 Å². The van der Waals surface area contributed by atoms with Crippen LogP contribution in [0.4, 0.5) is 0 Å². The topological polar surface area (TPSA) is 99.0 Å². The number of ketones is 1. The molecule has 0 fully saturated rings. The van der Waals surface area contributed by atoms with Crippen LogP contribution in [0, 0.1) is 11.3 Å². The van der Waals surface area contributed by atoms with Gasteiger partial charge in [0.1, 0.15) is 6.07 Å². The number of ether oxygens (including phenoxy) is 1. The quantitative estimate of drug-likeness (QED) is 0.381. The lowest BCUT2D eigenvalue weighted by Gasteiger charge is -2.10. The molecule has 0 aliphatic carbocycles. The van der Waals surface area contributed by atoms with Crippen molar-refractivity contribution in [3.8, 4) is 17.6 Å². The minimum absolute atomic E-state index is 0.0274. The Morgan fingerprint density at radius 1 is 1.41 bits per heavy atom. The number of phenolic OH excluding ortho intramolecular Hbond substituents is 1. The first-order valence-corrected chi connectivity index (χ1v) is 9.10. The van der Waals surface area contributed by atoms with Gasteiger partial charge in [-0.05, 0) is 42.8 Å². The van der Waals surface area contributed by atoms with Gasteiger partial charge in [-0.2, -0.15) is 5.26 Å². The fourth-order valence-corrected chi connectivity index (χ4v) is 3.42. The third kappa shape index (κ3) is 4.13. The lowest BCUT2D eigenvalue weighted by molar-refractivity contribution is -0.113. The van der Waals surface area contributed by atoms with Crippen LogP contribution in [0.5, 0.6) is 11.5 Å². The number of aromatic nitrogens is 2. The van der Waals surface area contributed by atoms with Crippen LogP contribution in [0.25, 0.3) is 17.1 Å². The molecule has 0 aliphatic rings. The molecular formula is C20H17N3O3S. The van der Waals surface area contributed by atoms with E-state index in [1.165, 1.54) is 31.9 Å². The molecule has 3 aromatic rings. The molecule has 7 heteroatoms. The summed E-state index contributed by atoms with van der Waals surface area (Å²) in [7, 11) is 1.45. The second-order valence-corrected chi connectivity index (χ2v) is 6.77. The molecule has 2 N–H and O–H groups in total. The van der Waals surface area contributed by atoms with Crippen LogP contribution in [0.2, 0.25) is 0 Å². The van der Waals surface area contributed by atoms with Crippen molar-refractivity contribution in [3.63, 3.8) is 0 Å². The molecule has 0 bridgehead atoms. The van der Waals surface area contributed by atoms with Crippen molar-refractivity contribution in [2.45, 2.75) is 17.8 Å². The summed E-state index contributed by atoms with van der Waals surface area (Å²) >= 11 is 1.44. The summed E-state index contributed by atoms with van der Waals surface area (Å²) in [6.45, 7) is 1.34. The van der Waals surface area contributed by atoms with E-state index < -0.39 is 0 Å². The highest BCUT2D eigenvalue weighted by Gasteiger charge is 2.13. The molecule has 0 amide bonds. The van der Waals surface area contributed by atoms with Gasteiger partial charge in [0.05, 0.1) is 23.7 Å². The van der Waals surface area contributed by atoms with Gasteiger partial charge in [0.25, 0.3) is 0 Å². The normalized spacial score (nSPS) is 11.4. The fraction of sp³-hybridized carbons (Fsp3) is 0.150. The summed E-state index contributed by atoms with van der Waals surface area (Å²) in [5, 5.41) is 20.2. The molecule has 0 spiro atoms. The van der Waals surface area contributed by atoms with Crippen molar-refractivity contribution in [2.24, 2.45) is 0 Å².